The lowest BCUT2D eigenvalue weighted by Gasteiger charge is -2.19. The molecule has 0 aromatic carbocycles. The van der Waals surface area contributed by atoms with E-state index >= 15 is 0 Å². The molecule has 3 atom stereocenters. The minimum atomic E-state index is -1.62. The lowest BCUT2D eigenvalue weighted by molar-refractivity contribution is -0.138. The van der Waals surface area contributed by atoms with Gasteiger partial charge in [-0.1, -0.05) is 0 Å². The van der Waals surface area contributed by atoms with Gasteiger partial charge in [0, 0.05) is 0 Å². The molecule has 0 unspecified atom stereocenters. The minimum absolute atomic E-state index is 0.384. The van der Waals surface area contributed by atoms with Gasteiger partial charge < -0.3 is 74.0 Å². The summed E-state index contributed by atoms with van der Waals surface area (Å²) in [6.07, 6.45) is 0. The second-order valence-corrected chi connectivity index (χ2v) is 8.99. The first kappa shape index (κ1) is 41.5. The van der Waals surface area contributed by atoms with Crippen LogP contribution in [0.25, 0.3) is 0 Å². The number of aliphatic hydroxyl groups excluding tert-OH is 3. The van der Waals surface area contributed by atoms with E-state index in [9.17, 15) is 63.3 Å². The first-order chi connectivity index (χ1) is 22.2. The third-order valence-corrected chi connectivity index (χ3v) is 5.29. The largest absolute Gasteiger partial charge is 0.480 e. The smallest absolute Gasteiger partial charge is 0.322 e. The Morgan fingerprint density at radius 1 is 0.426 bits per heavy atom. The Bertz CT molecular complexity index is 1170. The summed E-state index contributed by atoms with van der Waals surface area (Å²) >= 11 is 0. The maximum absolute atomic E-state index is 12.3. The predicted molar refractivity (Wildman–Crippen MR) is 152 cm³/mol. The van der Waals surface area contributed by atoms with Crippen LogP contribution in [-0.4, -0.2) is 163 Å². The number of carbonyl (C=O) groups excluding carboxylic acids is 9. The highest BCUT2D eigenvalue weighted by atomic mass is 16.4. The maximum Gasteiger partial charge on any atom is 0.322 e. The van der Waals surface area contributed by atoms with Crippen LogP contribution in [0.15, 0.2) is 0 Å². The number of carbonyl (C=O) groups is 10. The summed E-state index contributed by atoms with van der Waals surface area (Å²) in [5.74, 6) is -9.59. The predicted octanol–water partition coefficient (Wildman–Crippen LogP) is -10.8. The Labute approximate surface area is 265 Å². The Kier molecular flexibility index (Phi) is 20.3. The summed E-state index contributed by atoms with van der Waals surface area (Å²) in [6, 6.07) is -4.71. The lowest BCUT2D eigenvalue weighted by Crippen LogP contribution is -2.56. The standard InChI is InChI=1S/C23H38N10O14/c24-1-14(37)25-4-17(40)31-12(9-35)22(46)29-6-19(42)33-13(10-36)23(47)30-5-18(41)32-11(8-34)21(45)28-3-16(39)26-2-15(38)27-7-20(43)44/h11-13,34-36H,1-10,24H2,(H,25,37)(H,26,39)(H,27,38)(H,28,45)(H,29,46)(H,30,47)(H,31,40)(H,32,41)(H,33,42)(H,43,44)/t11-,12-,13-/m0/s1. The molecule has 0 saturated carbocycles. The van der Waals surface area contributed by atoms with E-state index in [1.54, 1.807) is 0 Å². The fraction of sp³-hybridized carbons (Fsp3) is 0.565. The zero-order chi connectivity index (χ0) is 35.9. The molecule has 24 heteroatoms. The molecular weight excluding hydrogens is 640 g/mol. The molecule has 0 aliphatic heterocycles. The van der Waals surface area contributed by atoms with Crippen molar-refractivity contribution in [2.75, 3.05) is 65.6 Å². The van der Waals surface area contributed by atoms with Gasteiger partial charge in [0.2, 0.25) is 53.2 Å². The number of carboxylic acid groups (broad SMARTS) is 1. The van der Waals surface area contributed by atoms with Crippen LogP contribution in [0.1, 0.15) is 0 Å². The average Bonchev–Trinajstić information content (AvgIpc) is 3.05. The Balaban J connectivity index is 4.63. The van der Waals surface area contributed by atoms with Crippen molar-refractivity contribution in [1.29, 1.82) is 0 Å². The summed E-state index contributed by atoms with van der Waals surface area (Å²) in [5, 5.41) is 55.3. The Morgan fingerprint density at radius 3 is 1.02 bits per heavy atom. The van der Waals surface area contributed by atoms with Gasteiger partial charge in [-0.3, -0.25) is 47.9 Å². The molecule has 0 fully saturated rings. The second-order valence-electron chi connectivity index (χ2n) is 8.99. The fourth-order valence-electron chi connectivity index (χ4n) is 2.92. The highest BCUT2D eigenvalue weighted by molar-refractivity contribution is 5.95. The van der Waals surface area contributed by atoms with Gasteiger partial charge in [-0.05, 0) is 0 Å². The summed E-state index contributed by atoms with van der Waals surface area (Å²) < 4.78 is 0. The number of rotatable bonds is 22. The van der Waals surface area contributed by atoms with Crippen molar-refractivity contribution in [1.82, 2.24) is 47.9 Å². The van der Waals surface area contributed by atoms with E-state index in [-0.39, 0.29) is 6.54 Å². The Hall–Kier alpha value is -5.46. The van der Waals surface area contributed by atoms with Gasteiger partial charge in [0.05, 0.1) is 59.1 Å². The minimum Gasteiger partial charge on any atom is -0.480 e. The molecule has 0 aromatic heterocycles. The van der Waals surface area contributed by atoms with Gasteiger partial charge in [-0.2, -0.15) is 0 Å². The van der Waals surface area contributed by atoms with Gasteiger partial charge >= 0.3 is 5.97 Å². The van der Waals surface area contributed by atoms with Gasteiger partial charge in [0.15, 0.2) is 0 Å². The monoisotopic (exact) mass is 678 g/mol. The molecule has 0 bridgehead atoms. The second kappa shape index (κ2) is 23.0. The number of carboxylic acids is 1. The van der Waals surface area contributed by atoms with Crippen LogP contribution >= 0.6 is 0 Å². The highest BCUT2D eigenvalue weighted by Gasteiger charge is 2.25. The number of aliphatic carboxylic acids is 1. The summed E-state index contributed by atoms with van der Waals surface area (Å²) in [5.41, 5.74) is 5.07. The van der Waals surface area contributed by atoms with Gasteiger partial charge in [-0.15, -0.1) is 0 Å². The van der Waals surface area contributed by atoms with Crippen LogP contribution in [0.2, 0.25) is 0 Å². The molecule has 0 aromatic rings. The molecule has 15 N–H and O–H groups in total. The van der Waals surface area contributed by atoms with Crippen molar-refractivity contribution in [3.05, 3.63) is 0 Å². The lowest BCUT2D eigenvalue weighted by atomic mass is 10.2. The summed E-state index contributed by atoms with van der Waals surface area (Å²) in [7, 11) is 0. The van der Waals surface area contributed by atoms with Crippen molar-refractivity contribution >= 4 is 59.1 Å². The van der Waals surface area contributed by atoms with Crippen molar-refractivity contribution < 1.29 is 68.4 Å². The number of amides is 9. The van der Waals surface area contributed by atoms with Crippen molar-refractivity contribution in [3.63, 3.8) is 0 Å². The van der Waals surface area contributed by atoms with Crippen LogP contribution in [0.4, 0.5) is 0 Å². The molecule has 47 heavy (non-hydrogen) atoms. The molecule has 9 amide bonds. The third-order valence-electron chi connectivity index (χ3n) is 5.29. The fourth-order valence-corrected chi connectivity index (χ4v) is 2.92. The molecule has 0 rings (SSSR count). The van der Waals surface area contributed by atoms with Crippen LogP contribution in [0, 0.1) is 0 Å². The van der Waals surface area contributed by atoms with Crippen LogP contribution in [-0.2, 0) is 47.9 Å². The van der Waals surface area contributed by atoms with Crippen LogP contribution in [0.5, 0.6) is 0 Å². The number of hydrogen-bond acceptors (Lipinski definition) is 14. The maximum atomic E-state index is 12.3. The SMILES string of the molecule is NCC(=O)NCC(=O)N[C@@H](CO)C(=O)NCC(=O)N[C@@H](CO)C(=O)NCC(=O)N[C@@H](CO)C(=O)NCC(=O)NCC(=O)NCC(=O)O. The summed E-state index contributed by atoms with van der Waals surface area (Å²) in [6.45, 7) is -7.21. The van der Waals surface area contributed by atoms with E-state index in [1.807, 2.05) is 5.32 Å². The zero-order valence-electron chi connectivity index (χ0n) is 24.8. The van der Waals surface area contributed by atoms with Crippen LogP contribution < -0.4 is 53.6 Å². The number of hydrogen-bond donors (Lipinski definition) is 14. The normalized spacial score (nSPS) is 12.1. The molecule has 0 spiro atoms. The molecule has 0 aliphatic carbocycles. The van der Waals surface area contributed by atoms with E-state index in [1.165, 1.54) is 0 Å². The molecule has 0 heterocycles. The van der Waals surface area contributed by atoms with Gasteiger partial charge in [-0.25, -0.2) is 0 Å². The van der Waals surface area contributed by atoms with Crippen molar-refractivity contribution in [2.24, 2.45) is 5.73 Å². The zero-order valence-corrected chi connectivity index (χ0v) is 24.8. The highest BCUT2D eigenvalue weighted by Crippen LogP contribution is 1.88. The number of aliphatic hydroxyl groups is 3. The molecule has 264 valence electrons. The first-order valence-corrected chi connectivity index (χ1v) is 13.4. The third kappa shape index (κ3) is 18.8. The number of nitrogens with two attached hydrogens (primary N) is 1. The Morgan fingerprint density at radius 2 is 0.702 bits per heavy atom. The van der Waals surface area contributed by atoms with E-state index in [2.05, 4.69) is 42.5 Å². The van der Waals surface area contributed by atoms with E-state index in [0.29, 0.717) is 0 Å². The van der Waals surface area contributed by atoms with Crippen molar-refractivity contribution in [2.45, 2.75) is 18.1 Å². The van der Waals surface area contributed by atoms with E-state index in [0.717, 1.165) is 0 Å². The van der Waals surface area contributed by atoms with Gasteiger partial charge in [0.1, 0.15) is 24.7 Å². The quantitative estimate of drug-likeness (QED) is 0.0505. The topological polar surface area (TPSA) is 386 Å². The van der Waals surface area contributed by atoms with Crippen LogP contribution in [0.3, 0.4) is 0 Å². The molecule has 24 nitrogen and oxygen atoms in total. The molecule has 0 saturated heterocycles. The average molecular weight is 679 g/mol. The number of nitrogens with one attached hydrogen (secondary N) is 9. The molecule has 0 aliphatic rings. The van der Waals surface area contributed by atoms with E-state index in [4.69, 9.17) is 10.8 Å². The van der Waals surface area contributed by atoms with E-state index < -0.39 is 136 Å². The van der Waals surface area contributed by atoms with Gasteiger partial charge in [0.25, 0.3) is 0 Å². The molecular formula is C23H38N10O14. The summed E-state index contributed by atoms with van der Waals surface area (Å²) in [4.78, 5) is 117. The van der Waals surface area contributed by atoms with Crippen molar-refractivity contribution in [3.8, 4) is 0 Å². The molecule has 0 radical (unpaired) electrons. The first-order valence-electron chi connectivity index (χ1n) is 13.4.